The quantitative estimate of drug-likeness (QED) is 0.579. The van der Waals surface area contributed by atoms with E-state index in [-0.39, 0.29) is 10.8 Å². The topological polar surface area (TPSA) is 78.5 Å². The van der Waals surface area contributed by atoms with Crippen LogP contribution < -0.4 is 10.0 Å². The summed E-state index contributed by atoms with van der Waals surface area (Å²) >= 11 is 0. The molecule has 1 aliphatic heterocycles. The molecule has 7 heteroatoms. The van der Waals surface area contributed by atoms with Gasteiger partial charge in [-0.25, -0.2) is 8.42 Å². The molecule has 0 aliphatic carbocycles. The number of piperidine rings is 1. The largest absolute Gasteiger partial charge is 0.352 e. The number of amides is 1. The molecule has 0 unspecified atom stereocenters. The first-order valence-corrected chi connectivity index (χ1v) is 12.9. The number of anilines is 1. The average molecular weight is 458 g/mol. The van der Waals surface area contributed by atoms with Crippen LogP contribution in [0.3, 0.4) is 0 Å². The molecule has 2 aromatic carbocycles. The molecule has 1 heterocycles. The molecule has 0 spiro atoms. The van der Waals surface area contributed by atoms with Gasteiger partial charge in [-0.3, -0.25) is 9.52 Å². The lowest BCUT2D eigenvalue weighted by Gasteiger charge is -2.26. The van der Waals surface area contributed by atoms with E-state index in [1.165, 1.54) is 19.3 Å². The van der Waals surface area contributed by atoms with Gasteiger partial charge in [0.1, 0.15) is 0 Å². The van der Waals surface area contributed by atoms with Crippen LogP contribution >= 0.6 is 0 Å². The van der Waals surface area contributed by atoms with E-state index < -0.39 is 10.0 Å². The molecule has 3 rings (SSSR count). The Bertz CT molecular complexity index is 1050. The number of sulfonamides is 1. The van der Waals surface area contributed by atoms with Crippen molar-refractivity contribution in [1.29, 1.82) is 0 Å². The minimum absolute atomic E-state index is 0.188. The Kier molecular flexibility index (Phi) is 7.96. The van der Waals surface area contributed by atoms with Crippen LogP contribution in [0.25, 0.3) is 0 Å². The molecule has 6 nitrogen and oxygen atoms in total. The summed E-state index contributed by atoms with van der Waals surface area (Å²) in [6, 6.07) is 8.85. The zero-order valence-corrected chi connectivity index (χ0v) is 20.4. The number of rotatable bonds is 8. The fourth-order valence-corrected chi connectivity index (χ4v) is 6.03. The smallest absolute Gasteiger partial charge is 0.262 e. The molecule has 1 saturated heterocycles. The van der Waals surface area contributed by atoms with Crippen LogP contribution in [0.2, 0.25) is 0 Å². The Balaban J connectivity index is 1.66. The van der Waals surface area contributed by atoms with Crippen LogP contribution in [0.5, 0.6) is 0 Å². The lowest BCUT2D eigenvalue weighted by atomic mass is 10.1. The first-order chi connectivity index (χ1) is 15.2. The van der Waals surface area contributed by atoms with Crippen LogP contribution in [0, 0.1) is 27.7 Å². The second kappa shape index (κ2) is 10.5. The van der Waals surface area contributed by atoms with Gasteiger partial charge in [-0.15, -0.1) is 0 Å². The van der Waals surface area contributed by atoms with Crippen molar-refractivity contribution in [1.82, 2.24) is 10.2 Å². The van der Waals surface area contributed by atoms with Gasteiger partial charge in [0.05, 0.1) is 10.6 Å². The Labute approximate surface area is 192 Å². The Morgan fingerprint density at radius 1 is 0.938 bits per heavy atom. The molecule has 1 aliphatic rings. The van der Waals surface area contributed by atoms with Crippen molar-refractivity contribution in [3.8, 4) is 0 Å². The molecular formula is C25H35N3O3S. The zero-order chi connectivity index (χ0) is 23.3. The van der Waals surface area contributed by atoms with Crippen LogP contribution in [0.1, 0.15) is 58.3 Å². The minimum atomic E-state index is -3.78. The highest BCUT2D eigenvalue weighted by molar-refractivity contribution is 7.92. The number of nitrogens with zero attached hydrogens (tertiary/aromatic N) is 1. The van der Waals surface area contributed by atoms with Gasteiger partial charge >= 0.3 is 0 Å². The van der Waals surface area contributed by atoms with Crippen LogP contribution in [-0.4, -0.2) is 45.4 Å². The molecule has 1 amide bonds. The first-order valence-electron chi connectivity index (χ1n) is 11.4. The highest BCUT2D eigenvalue weighted by atomic mass is 32.2. The van der Waals surface area contributed by atoms with E-state index in [1.54, 1.807) is 32.0 Å². The predicted octanol–water partition coefficient (Wildman–Crippen LogP) is 4.33. The van der Waals surface area contributed by atoms with Crippen LogP contribution in [0.15, 0.2) is 35.2 Å². The number of likely N-dealkylation sites (tertiary alicyclic amines) is 1. The zero-order valence-electron chi connectivity index (χ0n) is 19.6. The van der Waals surface area contributed by atoms with Crippen molar-refractivity contribution in [2.75, 3.05) is 30.9 Å². The molecular weight excluding hydrogens is 422 g/mol. The van der Waals surface area contributed by atoms with Crippen molar-refractivity contribution in [3.05, 3.63) is 58.1 Å². The van der Waals surface area contributed by atoms with Crippen molar-refractivity contribution in [2.24, 2.45) is 0 Å². The average Bonchev–Trinajstić information content (AvgIpc) is 2.72. The lowest BCUT2D eigenvalue weighted by Crippen LogP contribution is -2.33. The molecule has 0 atom stereocenters. The molecule has 1 fully saturated rings. The molecule has 0 saturated carbocycles. The number of aryl methyl sites for hydroxylation is 4. The van der Waals surface area contributed by atoms with E-state index in [9.17, 15) is 13.2 Å². The minimum Gasteiger partial charge on any atom is -0.352 e. The van der Waals surface area contributed by atoms with E-state index in [0.29, 0.717) is 28.9 Å². The second-order valence-corrected chi connectivity index (χ2v) is 10.5. The van der Waals surface area contributed by atoms with Gasteiger partial charge in [0.2, 0.25) is 0 Å². The summed E-state index contributed by atoms with van der Waals surface area (Å²) in [7, 11) is -3.78. The van der Waals surface area contributed by atoms with Gasteiger partial charge in [0.15, 0.2) is 0 Å². The third kappa shape index (κ3) is 6.11. The highest BCUT2D eigenvalue weighted by Crippen LogP contribution is 2.26. The molecule has 32 heavy (non-hydrogen) atoms. The third-order valence-corrected chi connectivity index (χ3v) is 7.67. The summed E-state index contributed by atoms with van der Waals surface area (Å²) in [4.78, 5) is 15.4. The Hall–Kier alpha value is -2.38. The van der Waals surface area contributed by atoms with E-state index >= 15 is 0 Å². The lowest BCUT2D eigenvalue weighted by molar-refractivity contribution is 0.0951. The normalized spacial score (nSPS) is 14.9. The number of hydrogen-bond acceptors (Lipinski definition) is 4. The fraction of sp³-hybridized carbons (Fsp3) is 0.480. The summed E-state index contributed by atoms with van der Waals surface area (Å²) < 4.78 is 29.0. The van der Waals surface area contributed by atoms with Gasteiger partial charge in [0.25, 0.3) is 15.9 Å². The van der Waals surface area contributed by atoms with Crippen molar-refractivity contribution >= 4 is 21.6 Å². The molecule has 174 valence electrons. The molecule has 2 aromatic rings. The van der Waals surface area contributed by atoms with Crippen molar-refractivity contribution in [3.63, 3.8) is 0 Å². The van der Waals surface area contributed by atoms with E-state index in [1.807, 2.05) is 26.0 Å². The van der Waals surface area contributed by atoms with E-state index in [2.05, 4.69) is 14.9 Å². The molecule has 0 aromatic heterocycles. The summed E-state index contributed by atoms with van der Waals surface area (Å²) in [6.07, 6.45) is 4.74. The molecule has 2 N–H and O–H groups in total. The number of carbonyl (C=O) groups is 1. The van der Waals surface area contributed by atoms with Gasteiger partial charge in [-0.1, -0.05) is 30.2 Å². The summed E-state index contributed by atoms with van der Waals surface area (Å²) in [6.45, 7) is 11.3. The molecule has 0 bridgehead atoms. The fourth-order valence-electron chi connectivity index (χ4n) is 4.45. The predicted molar refractivity (Wildman–Crippen MR) is 130 cm³/mol. The van der Waals surface area contributed by atoms with Crippen LogP contribution in [0.4, 0.5) is 5.69 Å². The van der Waals surface area contributed by atoms with Crippen LogP contribution in [-0.2, 0) is 10.0 Å². The maximum atomic E-state index is 13.1. The SMILES string of the molecule is Cc1cc(C)c(S(=O)(=O)Nc2cc(C(=O)NCCCN3CCCCC3)ccc2C)c(C)c1. The Morgan fingerprint density at radius 3 is 2.25 bits per heavy atom. The number of hydrogen-bond donors (Lipinski definition) is 2. The number of carbonyl (C=O) groups excluding carboxylic acids is 1. The standard InChI is InChI=1S/C25H35N3O3S/c1-18-15-20(3)24(21(4)16-18)32(30,31)27-23-17-22(10-9-19(23)2)25(29)26-11-8-14-28-12-6-5-7-13-28/h9-10,15-17,27H,5-8,11-14H2,1-4H3,(H,26,29). The maximum Gasteiger partial charge on any atom is 0.262 e. The van der Waals surface area contributed by atoms with Crippen molar-refractivity contribution < 1.29 is 13.2 Å². The van der Waals surface area contributed by atoms with E-state index in [0.717, 1.165) is 37.2 Å². The van der Waals surface area contributed by atoms with E-state index in [4.69, 9.17) is 0 Å². The highest BCUT2D eigenvalue weighted by Gasteiger charge is 2.21. The monoisotopic (exact) mass is 457 g/mol. The summed E-state index contributed by atoms with van der Waals surface area (Å²) in [5.74, 6) is -0.188. The number of benzene rings is 2. The van der Waals surface area contributed by atoms with Gasteiger partial charge in [0, 0.05) is 12.1 Å². The number of nitrogens with one attached hydrogen (secondary N) is 2. The van der Waals surface area contributed by atoms with Crippen molar-refractivity contribution in [2.45, 2.75) is 58.3 Å². The first kappa shape index (κ1) is 24.3. The van der Waals surface area contributed by atoms with Gasteiger partial charge < -0.3 is 10.2 Å². The Morgan fingerprint density at radius 2 is 1.59 bits per heavy atom. The summed E-state index contributed by atoms with van der Waals surface area (Å²) in [5.41, 5.74) is 4.06. The van der Waals surface area contributed by atoms with Gasteiger partial charge in [-0.05, 0) is 95.4 Å². The maximum absolute atomic E-state index is 13.1. The summed E-state index contributed by atoms with van der Waals surface area (Å²) in [5, 5.41) is 2.96. The molecule has 0 radical (unpaired) electrons. The second-order valence-electron chi connectivity index (χ2n) is 8.87. The van der Waals surface area contributed by atoms with Gasteiger partial charge in [-0.2, -0.15) is 0 Å². The third-order valence-electron chi connectivity index (χ3n) is 6.00.